The van der Waals surface area contributed by atoms with Crippen LogP contribution in [0.3, 0.4) is 0 Å². The van der Waals surface area contributed by atoms with E-state index in [2.05, 4.69) is 52.2 Å². The highest BCUT2D eigenvalue weighted by atomic mass is 15.1. The monoisotopic (exact) mass is 247 g/mol. The molecular formula is C16H13N3. The van der Waals surface area contributed by atoms with Gasteiger partial charge in [0, 0.05) is 23.4 Å². The Kier molecular flexibility index (Phi) is 3.10. The lowest BCUT2D eigenvalue weighted by molar-refractivity contribution is 1.01. The predicted molar refractivity (Wildman–Crippen MR) is 76.9 cm³/mol. The molecule has 0 fully saturated rings. The van der Waals surface area contributed by atoms with Crippen molar-refractivity contribution >= 4 is 10.8 Å². The van der Waals surface area contributed by atoms with Gasteiger partial charge in [0.25, 0.3) is 0 Å². The lowest BCUT2D eigenvalue weighted by Crippen LogP contribution is -1.84. The van der Waals surface area contributed by atoms with Crippen LogP contribution >= 0.6 is 0 Å². The van der Waals surface area contributed by atoms with Crippen LogP contribution < -0.4 is 0 Å². The topological polar surface area (TPSA) is 48.8 Å². The van der Waals surface area contributed by atoms with Crippen molar-refractivity contribution in [2.75, 3.05) is 6.54 Å². The summed E-state index contributed by atoms with van der Waals surface area (Å²) in [5.74, 6) is 6.27. The molecule has 0 atom stereocenters. The van der Waals surface area contributed by atoms with Crippen LogP contribution in [0.5, 0.6) is 0 Å². The summed E-state index contributed by atoms with van der Waals surface area (Å²) < 4.78 is 0. The second kappa shape index (κ2) is 5.06. The summed E-state index contributed by atoms with van der Waals surface area (Å²) in [7, 11) is 0. The summed E-state index contributed by atoms with van der Waals surface area (Å²) in [5.41, 5.74) is 12.1. The van der Waals surface area contributed by atoms with Crippen LogP contribution in [0.2, 0.25) is 0 Å². The first-order chi connectivity index (χ1) is 9.40. The Balaban J connectivity index is 1.99. The van der Waals surface area contributed by atoms with Gasteiger partial charge in [-0.05, 0) is 46.3 Å². The van der Waals surface area contributed by atoms with Crippen molar-refractivity contribution in [2.24, 2.45) is 5.11 Å². The molecule has 2 aromatic rings. The summed E-state index contributed by atoms with van der Waals surface area (Å²) in [6.45, 7) is 0.435. The minimum absolute atomic E-state index is 0.435. The number of rotatable bonds is 2. The molecule has 3 nitrogen and oxygen atoms in total. The van der Waals surface area contributed by atoms with Gasteiger partial charge in [0.05, 0.1) is 0 Å². The van der Waals surface area contributed by atoms with Crippen molar-refractivity contribution in [2.45, 2.75) is 19.3 Å². The van der Waals surface area contributed by atoms with Gasteiger partial charge in [-0.3, -0.25) is 0 Å². The first-order valence-corrected chi connectivity index (χ1v) is 6.43. The van der Waals surface area contributed by atoms with Gasteiger partial charge < -0.3 is 0 Å². The summed E-state index contributed by atoms with van der Waals surface area (Å²) in [6.07, 6.45) is 2.88. The quantitative estimate of drug-likeness (QED) is 0.253. The van der Waals surface area contributed by atoms with E-state index in [1.54, 1.807) is 0 Å². The fraction of sp³-hybridized carbons (Fsp3) is 0.250. The van der Waals surface area contributed by atoms with E-state index in [1.807, 2.05) is 0 Å². The van der Waals surface area contributed by atoms with Crippen molar-refractivity contribution in [3.8, 4) is 11.8 Å². The number of hydrogen-bond acceptors (Lipinski definition) is 1. The molecule has 0 aliphatic heterocycles. The van der Waals surface area contributed by atoms with E-state index in [1.165, 1.54) is 21.9 Å². The Morgan fingerprint density at radius 3 is 2.84 bits per heavy atom. The molecule has 1 aliphatic carbocycles. The Hall–Kier alpha value is -2.43. The molecule has 3 heteroatoms. The molecular weight excluding hydrogens is 234 g/mol. The molecule has 19 heavy (non-hydrogen) atoms. The maximum atomic E-state index is 8.20. The fourth-order valence-corrected chi connectivity index (χ4v) is 2.66. The largest absolute Gasteiger partial charge is 0.0977 e. The minimum atomic E-state index is 0.435. The zero-order valence-corrected chi connectivity index (χ0v) is 10.6. The SMILES string of the molecule is [N-]=[N+]=NCCC#Cc1ccc2c3c(cccc13)CC2. The number of azide groups is 1. The zero-order chi connectivity index (χ0) is 13.1. The van der Waals surface area contributed by atoms with E-state index in [0.29, 0.717) is 13.0 Å². The van der Waals surface area contributed by atoms with Gasteiger partial charge in [0.1, 0.15) is 0 Å². The van der Waals surface area contributed by atoms with Gasteiger partial charge in [-0.25, -0.2) is 0 Å². The van der Waals surface area contributed by atoms with E-state index in [4.69, 9.17) is 5.53 Å². The van der Waals surface area contributed by atoms with E-state index in [9.17, 15) is 0 Å². The van der Waals surface area contributed by atoms with Crippen molar-refractivity contribution in [1.82, 2.24) is 0 Å². The van der Waals surface area contributed by atoms with Gasteiger partial charge in [-0.1, -0.05) is 41.2 Å². The second-order valence-electron chi connectivity index (χ2n) is 4.62. The molecule has 0 N–H and O–H groups in total. The molecule has 0 bridgehead atoms. The van der Waals surface area contributed by atoms with Crippen LogP contribution in [-0.4, -0.2) is 6.54 Å². The molecule has 0 saturated heterocycles. The van der Waals surface area contributed by atoms with Crippen molar-refractivity contribution in [1.29, 1.82) is 0 Å². The smallest absolute Gasteiger partial charge is 0.0367 e. The highest BCUT2D eigenvalue weighted by Crippen LogP contribution is 2.32. The van der Waals surface area contributed by atoms with Crippen molar-refractivity contribution < 1.29 is 0 Å². The summed E-state index contributed by atoms with van der Waals surface area (Å²) >= 11 is 0. The standard InChI is InChI=1S/C16H13N3/c17-19-18-11-2-1-4-12-7-8-14-10-9-13-5-3-6-15(12)16(13)14/h3,5-8H,2,9-11H2. The molecule has 0 saturated carbocycles. The maximum Gasteiger partial charge on any atom is 0.0367 e. The number of nitrogens with zero attached hydrogens (tertiary/aromatic N) is 3. The van der Waals surface area contributed by atoms with Crippen LogP contribution in [0.15, 0.2) is 35.4 Å². The Morgan fingerprint density at radius 1 is 1.16 bits per heavy atom. The van der Waals surface area contributed by atoms with Crippen molar-refractivity contribution in [3.63, 3.8) is 0 Å². The summed E-state index contributed by atoms with van der Waals surface area (Å²) in [4.78, 5) is 2.72. The molecule has 92 valence electrons. The average Bonchev–Trinajstić information content (AvgIpc) is 2.86. The summed E-state index contributed by atoms with van der Waals surface area (Å²) in [6, 6.07) is 10.8. The van der Waals surface area contributed by atoms with Crippen LogP contribution in [0.25, 0.3) is 21.2 Å². The van der Waals surface area contributed by atoms with Crippen LogP contribution in [0.4, 0.5) is 0 Å². The first kappa shape index (κ1) is 11.6. The zero-order valence-electron chi connectivity index (χ0n) is 10.6. The van der Waals surface area contributed by atoms with E-state index >= 15 is 0 Å². The third kappa shape index (κ3) is 2.14. The Bertz CT molecular complexity index is 733. The van der Waals surface area contributed by atoms with Crippen LogP contribution in [0.1, 0.15) is 23.1 Å². The molecule has 0 unspecified atom stereocenters. The van der Waals surface area contributed by atoms with Gasteiger partial charge >= 0.3 is 0 Å². The molecule has 0 amide bonds. The lowest BCUT2D eigenvalue weighted by atomic mass is 10.0. The Labute approximate surface area is 111 Å². The molecule has 1 aliphatic rings. The normalized spacial score (nSPS) is 11.8. The van der Waals surface area contributed by atoms with E-state index in [-0.39, 0.29) is 0 Å². The highest BCUT2D eigenvalue weighted by Gasteiger charge is 2.14. The first-order valence-electron chi connectivity index (χ1n) is 6.43. The minimum Gasteiger partial charge on any atom is -0.0977 e. The van der Waals surface area contributed by atoms with Gasteiger partial charge in [-0.15, -0.1) is 0 Å². The number of hydrogen-bond donors (Lipinski definition) is 0. The average molecular weight is 247 g/mol. The molecule has 0 heterocycles. The molecule has 0 aromatic heterocycles. The van der Waals surface area contributed by atoms with E-state index < -0.39 is 0 Å². The molecule has 2 aromatic carbocycles. The number of benzene rings is 2. The maximum absolute atomic E-state index is 8.20. The molecule has 0 spiro atoms. The van der Waals surface area contributed by atoms with Crippen LogP contribution in [-0.2, 0) is 12.8 Å². The third-order valence-electron chi connectivity index (χ3n) is 3.50. The summed E-state index contributed by atoms with van der Waals surface area (Å²) in [5, 5.41) is 6.13. The fourth-order valence-electron chi connectivity index (χ4n) is 2.66. The molecule has 0 radical (unpaired) electrons. The number of aryl methyl sites for hydroxylation is 2. The Morgan fingerprint density at radius 2 is 2.00 bits per heavy atom. The highest BCUT2D eigenvalue weighted by molar-refractivity contribution is 5.94. The van der Waals surface area contributed by atoms with Gasteiger partial charge in [0.15, 0.2) is 0 Å². The third-order valence-corrected chi connectivity index (χ3v) is 3.50. The van der Waals surface area contributed by atoms with Gasteiger partial charge in [-0.2, -0.15) is 0 Å². The van der Waals surface area contributed by atoms with Gasteiger partial charge in [0.2, 0.25) is 0 Å². The second-order valence-corrected chi connectivity index (χ2v) is 4.62. The molecule has 3 rings (SSSR count). The van der Waals surface area contributed by atoms with E-state index in [0.717, 1.165) is 18.4 Å². The predicted octanol–water partition coefficient (Wildman–Crippen LogP) is 3.99. The van der Waals surface area contributed by atoms with Crippen LogP contribution in [0, 0.1) is 11.8 Å². The van der Waals surface area contributed by atoms with Crippen molar-refractivity contribution in [3.05, 3.63) is 57.5 Å². The lowest BCUT2D eigenvalue weighted by Gasteiger charge is -2.03.